The third-order valence-corrected chi connectivity index (χ3v) is 4.56. The molecule has 2 aromatic rings. The molecule has 3 rings (SSSR count). The van der Waals surface area contributed by atoms with Crippen molar-refractivity contribution in [2.24, 2.45) is 5.73 Å². The largest absolute Gasteiger partial charge is 0.324 e. The van der Waals surface area contributed by atoms with Crippen LogP contribution in [0.5, 0.6) is 0 Å². The Hall–Kier alpha value is -1.35. The zero-order valence-electron chi connectivity index (χ0n) is 12.2. The zero-order chi connectivity index (χ0) is 14.8. The molecule has 3 atom stereocenters. The van der Waals surface area contributed by atoms with Crippen molar-refractivity contribution in [2.45, 2.75) is 37.9 Å². The Bertz CT molecular complexity index is 626. The second-order valence-electron chi connectivity index (χ2n) is 5.71. The summed E-state index contributed by atoms with van der Waals surface area (Å²) >= 11 is 6.12. The lowest BCUT2D eigenvalue weighted by Gasteiger charge is -2.23. The summed E-state index contributed by atoms with van der Waals surface area (Å²) < 4.78 is 0. The number of halogens is 1. The van der Waals surface area contributed by atoms with Crippen molar-refractivity contribution in [1.29, 1.82) is 0 Å². The molecule has 2 nitrogen and oxygen atoms in total. The maximum atomic E-state index is 6.26. The lowest BCUT2D eigenvalue weighted by molar-refractivity contribution is 0.418. The number of fused-ring (bicyclic) bond motifs is 1. The van der Waals surface area contributed by atoms with Crippen LogP contribution in [0.1, 0.15) is 54.6 Å². The second-order valence-corrected chi connectivity index (χ2v) is 6.14. The number of nitrogens with one attached hydrogen (secondary N) is 1. The highest BCUT2D eigenvalue weighted by atomic mass is 35.5. The van der Waals surface area contributed by atoms with Crippen LogP contribution < -0.4 is 11.1 Å². The van der Waals surface area contributed by atoms with Crippen LogP contribution in [0.2, 0.25) is 5.02 Å². The monoisotopic (exact) mass is 300 g/mol. The standard InChI is InChI=1S/C18H21ClN2/c1-2-17(12-6-5-7-13(19)10-12)21-18-11-16(20)14-8-3-4-9-15(14)18/h3-10,16-18,21H,2,11,20H2,1H3. The van der Waals surface area contributed by atoms with Gasteiger partial charge < -0.3 is 11.1 Å². The van der Waals surface area contributed by atoms with E-state index in [1.807, 2.05) is 18.2 Å². The quantitative estimate of drug-likeness (QED) is 0.871. The molecule has 3 unspecified atom stereocenters. The number of hydrogen-bond acceptors (Lipinski definition) is 2. The van der Waals surface area contributed by atoms with Gasteiger partial charge in [-0.05, 0) is 41.7 Å². The van der Waals surface area contributed by atoms with Crippen LogP contribution in [0, 0.1) is 0 Å². The van der Waals surface area contributed by atoms with E-state index in [1.165, 1.54) is 16.7 Å². The summed E-state index contributed by atoms with van der Waals surface area (Å²) in [5.41, 5.74) is 10.1. The molecule has 0 saturated carbocycles. The first-order valence-electron chi connectivity index (χ1n) is 7.55. The summed E-state index contributed by atoms with van der Waals surface area (Å²) in [5, 5.41) is 4.55. The fourth-order valence-electron chi connectivity index (χ4n) is 3.25. The van der Waals surface area contributed by atoms with Crippen molar-refractivity contribution in [3.05, 3.63) is 70.2 Å². The molecule has 0 amide bonds. The molecule has 0 heterocycles. The Kier molecular flexibility index (Phi) is 4.29. The summed E-state index contributed by atoms with van der Waals surface area (Å²) in [6, 6.07) is 17.3. The van der Waals surface area contributed by atoms with Crippen LogP contribution >= 0.6 is 11.6 Å². The summed E-state index contributed by atoms with van der Waals surface area (Å²) in [4.78, 5) is 0. The highest BCUT2D eigenvalue weighted by Gasteiger charge is 2.29. The van der Waals surface area contributed by atoms with Crippen LogP contribution in [0.3, 0.4) is 0 Å². The molecule has 1 aliphatic carbocycles. The highest BCUT2D eigenvalue weighted by molar-refractivity contribution is 6.30. The minimum Gasteiger partial charge on any atom is -0.324 e. The van der Waals surface area contributed by atoms with Gasteiger partial charge in [0, 0.05) is 23.1 Å². The molecule has 0 fully saturated rings. The molecule has 3 heteroatoms. The average Bonchev–Trinajstić information content (AvgIpc) is 2.82. The zero-order valence-corrected chi connectivity index (χ0v) is 13.0. The lowest BCUT2D eigenvalue weighted by atomic mass is 10.0. The van der Waals surface area contributed by atoms with Crippen LogP contribution in [-0.4, -0.2) is 0 Å². The Morgan fingerprint density at radius 2 is 1.95 bits per heavy atom. The molecule has 0 spiro atoms. The van der Waals surface area contributed by atoms with Crippen LogP contribution in [0.15, 0.2) is 48.5 Å². The predicted molar refractivity (Wildman–Crippen MR) is 88.3 cm³/mol. The smallest absolute Gasteiger partial charge is 0.0409 e. The van der Waals surface area contributed by atoms with E-state index in [0.29, 0.717) is 12.1 Å². The summed E-state index contributed by atoms with van der Waals surface area (Å²) in [6.07, 6.45) is 1.98. The second kappa shape index (κ2) is 6.18. The van der Waals surface area contributed by atoms with Gasteiger partial charge in [0.1, 0.15) is 0 Å². The van der Waals surface area contributed by atoms with Crippen LogP contribution in [-0.2, 0) is 0 Å². The molecule has 1 aliphatic rings. The van der Waals surface area contributed by atoms with Gasteiger partial charge in [-0.15, -0.1) is 0 Å². The molecule has 0 aliphatic heterocycles. The van der Waals surface area contributed by atoms with E-state index >= 15 is 0 Å². The van der Waals surface area contributed by atoms with Gasteiger partial charge in [0.15, 0.2) is 0 Å². The molecule has 0 saturated heterocycles. The maximum Gasteiger partial charge on any atom is 0.0409 e. The van der Waals surface area contributed by atoms with E-state index in [1.54, 1.807) is 0 Å². The normalized spacial score (nSPS) is 22.0. The van der Waals surface area contributed by atoms with Crippen LogP contribution in [0.4, 0.5) is 0 Å². The van der Waals surface area contributed by atoms with Gasteiger partial charge in [-0.1, -0.05) is 54.9 Å². The molecular weight excluding hydrogens is 280 g/mol. The molecule has 21 heavy (non-hydrogen) atoms. The van der Waals surface area contributed by atoms with E-state index in [4.69, 9.17) is 17.3 Å². The summed E-state index contributed by atoms with van der Waals surface area (Å²) in [6.45, 7) is 2.19. The third kappa shape index (κ3) is 2.98. The van der Waals surface area contributed by atoms with E-state index in [-0.39, 0.29) is 6.04 Å². The Morgan fingerprint density at radius 1 is 1.19 bits per heavy atom. The van der Waals surface area contributed by atoms with Crippen molar-refractivity contribution in [2.75, 3.05) is 0 Å². The number of benzene rings is 2. The Labute approximate surface area is 131 Å². The first-order chi connectivity index (χ1) is 10.2. The van der Waals surface area contributed by atoms with Crippen molar-refractivity contribution in [3.8, 4) is 0 Å². The van der Waals surface area contributed by atoms with Crippen molar-refractivity contribution < 1.29 is 0 Å². The first kappa shape index (κ1) is 14.6. The van der Waals surface area contributed by atoms with Gasteiger partial charge in [-0.25, -0.2) is 0 Å². The number of nitrogens with two attached hydrogens (primary N) is 1. The van der Waals surface area contributed by atoms with E-state index in [2.05, 4.69) is 42.6 Å². The minimum atomic E-state index is 0.135. The fourth-order valence-corrected chi connectivity index (χ4v) is 3.45. The Morgan fingerprint density at radius 3 is 2.67 bits per heavy atom. The first-order valence-corrected chi connectivity index (χ1v) is 7.92. The van der Waals surface area contributed by atoms with E-state index < -0.39 is 0 Å². The average molecular weight is 301 g/mol. The van der Waals surface area contributed by atoms with Crippen LogP contribution in [0.25, 0.3) is 0 Å². The maximum absolute atomic E-state index is 6.26. The third-order valence-electron chi connectivity index (χ3n) is 4.32. The predicted octanol–water partition coefficient (Wildman–Crippen LogP) is 4.53. The van der Waals surface area contributed by atoms with Gasteiger partial charge in [0.05, 0.1) is 0 Å². The molecule has 0 radical (unpaired) electrons. The van der Waals surface area contributed by atoms with Crippen molar-refractivity contribution in [3.63, 3.8) is 0 Å². The fraction of sp³-hybridized carbons (Fsp3) is 0.333. The molecule has 0 aromatic heterocycles. The van der Waals surface area contributed by atoms with Gasteiger partial charge in [0.25, 0.3) is 0 Å². The molecule has 2 aromatic carbocycles. The molecule has 0 bridgehead atoms. The topological polar surface area (TPSA) is 38.0 Å². The SMILES string of the molecule is CCC(NC1CC(N)c2ccccc21)c1cccc(Cl)c1. The van der Waals surface area contributed by atoms with E-state index in [0.717, 1.165) is 17.9 Å². The van der Waals surface area contributed by atoms with Crippen molar-refractivity contribution >= 4 is 11.6 Å². The van der Waals surface area contributed by atoms with E-state index in [9.17, 15) is 0 Å². The molecular formula is C18H21ClN2. The lowest BCUT2D eigenvalue weighted by Crippen LogP contribution is -2.25. The van der Waals surface area contributed by atoms with Crippen molar-refractivity contribution in [1.82, 2.24) is 5.32 Å². The summed E-state index contributed by atoms with van der Waals surface area (Å²) in [7, 11) is 0. The van der Waals surface area contributed by atoms with Gasteiger partial charge in [-0.3, -0.25) is 0 Å². The van der Waals surface area contributed by atoms with Gasteiger partial charge in [0.2, 0.25) is 0 Å². The minimum absolute atomic E-state index is 0.135. The summed E-state index contributed by atoms with van der Waals surface area (Å²) in [5.74, 6) is 0. The number of rotatable bonds is 4. The molecule has 110 valence electrons. The highest BCUT2D eigenvalue weighted by Crippen LogP contribution is 2.38. The molecule has 3 N–H and O–H groups in total. The van der Waals surface area contributed by atoms with Gasteiger partial charge in [-0.2, -0.15) is 0 Å². The van der Waals surface area contributed by atoms with Gasteiger partial charge >= 0.3 is 0 Å². The number of hydrogen-bond donors (Lipinski definition) is 2. The Balaban J connectivity index is 1.83.